The monoisotopic (exact) mass is 339 g/mol. The number of benzene rings is 2. The highest BCUT2D eigenvalue weighted by atomic mass is 19.4. The largest absolute Gasteiger partial charge is 0.479 e. The van der Waals surface area contributed by atoms with E-state index in [0.717, 1.165) is 11.0 Å². The van der Waals surface area contributed by atoms with Crippen molar-refractivity contribution in [3.8, 4) is 0 Å². The highest BCUT2D eigenvalue weighted by Crippen LogP contribution is 2.48. The molecule has 2 aromatic rings. The molecule has 0 saturated carbocycles. The highest BCUT2D eigenvalue weighted by molar-refractivity contribution is 5.89. The summed E-state index contributed by atoms with van der Waals surface area (Å²) in [6.45, 7) is -0.361. The molecule has 1 aliphatic heterocycles. The van der Waals surface area contributed by atoms with Crippen molar-refractivity contribution in [1.82, 2.24) is 0 Å². The number of rotatable bonds is 3. The van der Waals surface area contributed by atoms with E-state index < -0.39 is 29.9 Å². The Labute approximate surface area is 135 Å². The predicted molar refractivity (Wildman–Crippen MR) is 79.2 cm³/mol. The summed E-state index contributed by atoms with van der Waals surface area (Å²) in [5.74, 6) is -2.56. The highest BCUT2D eigenvalue weighted by Gasteiger charge is 2.67. The topological polar surface area (TPSA) is 40.5 Å². The van der Waals surface area contributed by atoms with Crippen LogP contribution in [0.4, 0.5) is 23.2 Å². The van der Waals surface area contributed by atoms with Crippen LogP contribution in [-0.4, -0.2) is 22.8 Å². The first-order valence-electron chi connectivity index (χ1n) is 7.16. The minimum Gasteiger partial charge on any atom is -0.479 e. The second-order valence-corrected chi connectivity index (χ2v) is 5.68. The van der Waals surface area contributed by atoms with E-state index >= 15 is 0 Å². The number of aliphatic carboxylic acids is 1. The van der Waals surface area contributed by atoms with Crippen LogP contribution in [0.25, 0.3) is 0 Å². The average Bonchev–Trinajstić information content (AvgIpc) is 2.83. The summed E-state index contributed by atoms with van der Waals surface area (Å²) in [7, 11) is 0. The molecule has 0 aromatic heterocycles. The van der Waals surface area contributed by atoms with E-state index in [9.17, 15) is 27.5 Å². The zero-order chi connectivity index (χ0) is 17.5. The second-order valence-electron chi connectivity index (χ2n) is 5.68. The third-order valence-electron chi connectivity index (χ3n) is 4.24. The van der Waals surface area contributed by atoms with Crippen molar-refractivity contribution in [2.75, 3.05) is 4.90 Å². The van der Waals surface area contributed by atoms with E-state index in [2.05, 4.69) is 0 Å². The zero-order valence-corrected chi connectivity index (χ0v) is 12.3. The Bertz CT molecular complexity index is 790. The van der Waals surface area contributed by atoms with E-state index in [1.165, 1.54) is 30.3 Å². The van der Waals surface area contributed by atoms with Crippen LogP contribution in [0.15, 0.2) is 48.5 Å². The molecule has 1 N–H and O–H groups in total. The maximum Gasteiger partial charge on any atom is 0.422 e. The summed E-state index contributed by atoms with van der Waals surface area (Å²) in [5, 5.41) is 9.44. The standard InChI is InChI=1S/C17H13F4NO2/c18-13-6-3-4-11(8-13)10-22-14-7-2-1-5-12(14)9-16(22,15(23)24)17(19,20)21/h1-8H,9-10H2,(H,23,24). The van der Waals surface area contributed by atoms with Crippen molar-refractivity contribution < 1.29 is 27.5 Å². The number of nitrogens with zero attached hydrogens (tertiary/aromatic N) is 1. The van der Waals surface area contributed by atoms with Crippen LogP contribution in [0.5, 0.6) is 0 Å². The van der Waals surface area contributed by atoms with E-state index in [4.69, 9.17) is 0 Å². The third kappa shape index (κ3) is 2.40. The normalized spacial score (nSPS) is 20.1. The number of hydrogen-bond acceptors (Lipinski definition) is 2. The molecule has 0 amide bonds. The molecule has 0 saturated heterocycles. The van der Waals surface area contributed by atoms with Gasteiger partial charge in [0.1, 0.15) is 5.82 Å². The van der Waals surface area contributed by atoms with E-state index in [1.54, 1.807) is 12.1 Å². The van der Waals surface area contributed by atoms with Crippen LogP contribution in [0.1, 0.15) is 11.1 Å². The van der Waals surface area contributed by atoms with Gasteiger partial charge in [0.15, 0.2) is 0 Å². The van der Waals surface area contributed by atoms with Crippen LogP contribution < -0.4 is 4.90 Å². The summed E-state index contributed by atoms with van der Waals surface area (Å²) in [6.07, 6.45) is -5.68. The van der Waals surface area contributed by atoms with Gasteiger partial charge in [0, 0.05) is 18.7 Å². The van der Waals surface area contributed by atoms with Gasteiger partial charge in [-0.1, -0.05) is 30.3 Å². The van der Waals surface area contributed by atoms with Crippen LogP contribution in [-0.2, 0) is 17.8 Å². The lowest BCUT2D eigenvalue weighted by atomic mass is 9.93. The van der Waals surface area contributed by atoms with Gasteiger partial charge >= 0.3 is 12.1 Å². The zero-order valence-electron chi connectivity index (χ0n) is 12.3. The molecule has 3 nitrogen and oxygen atoms in total. The predicted octanol–water partition coefficient (Wildman–Crippen LogP) is 3.77. The van der Waals surface area contributed by atoms with Gasteiger partial charge in [-0.25, -0.2) is 9.18 Å². The third-order valence-corrected chi connectivity index (χ3v) is 4.24. The molecule has 1 aliphatic rings. The number of fused-ring (bicyclic) bond motifs is 1. The molecule has 3 rings (SSSR count). The number of carboxylic acids is 1. The Morgan fingerprint density at radius 1 is 1.17 bits per heavy atom. The average molecular weight is 339 g/mol. The Hall–Kier alpha value is -2.57. The Morgan fingerprint density at radius 2 is 1.88 bits per heavy atom. The molecule has 1 unspecified atom stereocenters. The smallest absolute Gasteiger partial charge is 0.422 e. The first-order valence-corrected chi connectivity index (χ1v) is 7.16. The number of halogens is 4. The van der Waals surface area contributed by atoms with Crippen molar-refractivity contribution in [2.24, 2.45) is 0 Å². The minimum atomic E-state index is -4.99. The molecule has 2 aromatic carbocycles. The van der Waals surface area contributed by atoms with Gasteiger partial charge in [-0.05, 0) is 29.3 Å². The molecule has 7 heteroatoms. The van der Waals surface area contributed by atoms with Crippen LogP contribution >= 0.6 is 0 Å². The Morgan fingerprint density at radius 3 is 2.50 bits per heavy atom. The van der Waals surface area contributed by atoms with Crippen LogP contribution in [0.2, 0.25) is 0 Å². The molecule has 1 atom stereocenters. The number of carbonyl (C=O) groups is 1. The summed E-state index contributed by atoms with van der Waals surface area (Å²) in [6, 6.07) is 11.2. The molecule has 0 spiro atoms. The van der Waals surface area contributed by atoms with Crippen molar-refractivity contribution in [3.63, 3.8) is 0 Å². The number of hydrogen-bond donors (Lipinski definition) is 1. The van der Waals surface area contributed by atoms with Crippen molar-refractivity contribution in [1.29, 1.82) is 0 Å². The number of alkyl halides is 3. The van der Waals surface area contributed by atoms with E-state index in [1.807, 2.05) is 0 Å². The summed E-state index contributed by atoms with van der Waals surface area (Å²) < 4.78 is 54.7. The minimum absolute atomic E-state index is 0.196. The fourth-order valence-electron chi connectivity index (χ4n) is 3.10. The number of carboxylic acid groups (broad SMARTS) is 1. The maximum absolute atomic E-state index is 13.8. The van der Waals surface area contributed by atoms with Crippen molar-refractivity contribution in [2.45, 2.75) is 24.7 Å². The second kappa shape index (κ2) is 5.51. The van der Waals surface area contributed by atoms with E-state index in [0.29, 0.717) is 5.56 Å². The number of anilines is 1. The quantitative estimate of drug-likeness (QED) is 0.866. The van der Waals surface area contributed by atoms with Gasteiger partial charge in [-0.2, -0.15) is 13.2 Å². The fourth-order valence-corrected chi connectivity index (χ4v) is 3.10. The lowest BCUT2D eigenvalue weighted by molar-refractivity contribution is -0.201. The summed E-state index contributed by atoms with van der Waals surface area (Å²) >= 11 is 0. The molecule has 126 valence electrons. The number of para-hydroxylation sites is 1. The first-order chi connectivity index (χ1) is 11.3. The summed E-state index contributed by atoms with van der Waals surface area (Å²) in [5.41, 5.74) is -2.31. The van der Waals surface area contributed by atoms with Gasteiger partial charge in [0.05, 0.1) is 0 Å². The maximum atomic E-state index is 13.8. The van der Waals surface area contributed by atoms with Crippen LogP contribution in [0.3, 0.4) is 0 Å². The molecule has 0 aliphatic carbocycles. The Balaban J connectivity index is 2.14. The lowest BCUT2D eigenvalue weighted by Gasteiger charge is -2.38. The SMILES string of the molecule is O=C(O)C1(C(F)(F)F)Cc2ccccc2N1Cc1cccc(F)c1. The lowest BCUT2D eigenvalue weighted by Crippen LogP contribution is -2.62. The molecule has 0 fully saturated rings. The van der Waals surface area contributed by atoms with Crippen LogP contribution in [0, 0.1) is 5.82 Å². The molecule has 1 heterocycles. The van der Waals surface area contributed by atoms with E-state index in [-0.39, 0.29) is 17.8 Å². The molecule has 0 radical (unpaired) electrons. The van der Waals surface area contributed by atoms with Gasteiger partial charge in [-0.3, -0.25) is 0 Å². The van der Waals surface area contributed by atoms with Gasteiger partial charge in [0.25, 0.3) is 0 Å². The molecule has 0 bridgehead atoms. The van der Waals surface area contributed by atoms with Gasteiger partial charge < -0.3 is 10.0 Å². The van der Waals surface area contributed by atoms with Crippen molar-refractivity contribution >= 4 is 11.7 Å². The van der Waals surface area contributed by atoms with Gasteiger partial charge in [0.2, 0.25) is 5.54 Å². The fraction of sp³-hybridized carbons (Fsp3) is 0.235. The first kappa shape index (κ1) is 16.3. The Kier molecular flexibility index (Phi) is 3.74. The van der Waals surface area contributed by atoms with Gasteiger partial charge in [-0.15, -0.1) is 0 Å². The molecule has 24 heavy (non-hydrogen) atoms. The molecular weight excluding hydrogens is 326 g/mol. The van der Waals surface area contributed by atoms with Crippen molar-refractivity contribution in [3.05, 3.63) is 65.5 Å². The molecular formula is C17H13F4NO2. The summed E-state index contributed by atoms with van der Waals surface area (Å²) in [4.78, 5) is 12.5.